The smallest absolute Gasteiger partial charge is 0.171 e. The maximum Gasteiger partial charge on any atom is 0.171 e. The van der Waals surface area contributed by atoms with Gasteiger partial charge in [-0.15, -0.1) is 0 Å². The van der Waals surface area contributed by atoms with Crippen molar-refractivity contribution in [3.63, 3.8) is 0 Å². The fraction of sp³-hybridized carbons (Fsp3) is 0.250. The van der Waals surface area contributed by atoms with E-state index in [9.17, 15) is 4.79 Å². The monoisotopic (exact) mass is 249 g/mol. The largest absolute Gasteiger partial charge is 0.294 e. The van der Waals surface area contributed by atoms with Gasteiger partial charge in [0.2, 0.25) is 0 Å². The van der Waals surface area contributed by atoms with Crippen LogP contribution in [0.2, 0.25) is 5.02 Å². The number of nitrogens with zero attached hydrogens (tertiary/aromatic N) is 3. The highest BCUT2D eigenvalue weighted by Gasteiger charge is 2.14. The van der Waals surface area contributed by atoms with E-state index < -0.39 is 0 Å². The molecule has 88 valence electrons. The van der Waals surface area contributed by atoms with E-state index in [-0.39, 0.29) is 12.2 Å². The first-order valence-corrected chi connectivity index (χ1v) is 5.58. The summed E-state index contributed by atoms with van der Waals surface area (Å²) in [7, 11) is 1.76. The number of halogens is 1. The first kappa shape index (κ1) is 11.8. The molecule has 4 nitrogen and oxygen atoms in total. The lowest BCUT2D eigenvalue weighted by Crippen LogP contribution is -2.09. The van der Waals surface area contributed by atoms with Crippen LogP contribution in [0.15, 0.2) is 24.5 Å². The van der Waals surface area contributed by atoms with Crippen LogP contribution in [-0.4, -0.2) is 20.5 Å². The summed E-state index contributed by atoms with van der Waals surface area (Å²) in [4.78, 5) is 16.1. The van der Waals surface area contributed by atoms with E-state index in [1.165, 1.54) is 6.33 Å². The van der Waals surface area contributed by atoms with Crippen molar-refractivity contribution in [3.05, 3.63) is 46.5 Å². The molecule has 1 aromatic carbocycles. The minimum atomic E-state index is -0.0465. The molecule has 2 aromatic rings. The van der Waals surface area contributed by atoms with Gasteiger partial charge in [-0.3, -0.25) is 9.48 Å². The zero-order valence-corrected chi connectivity index (χ0v) is 10.4. The fourth-order valence-corrected chi connectivity index (χ4v) is 1.81. The Morgan fingerprint density at radius 2 is 2.24 bits per heavy atom. The molecule has 0 atom stereocenters. The van der Waals surface area contributed by atoms with Crippen molar-refractivity contribution in [2.45, 2.75) is 13.3 Å². The lowest BCUT2D eigenvalue weighted by atomic mass is 10.1. The normalized spacial score (nSPS) is 10.5. The van der Waals surface area contributed by atoms with Gasteiger partial charge in [0.25, 0.3) is 0 Å². The van der Waals surface area contributed by atoms with Crippen LogP contribution in [0, 0.1) is 6.92 Å². The van der Waals surface area contributed by atoms with Crippen LogP contribution in [0.5, 0.6) is 0 Å². The number of aryl methyl sites for hydroxylation is 2. The minimum Gasteiger partial charge on any atom is -0.294 e. The van der Waals surface area contributed by atoms with E-state index in [1.54, 1.807) is 17.8 Å². The molecule has 1 heterocycles. The minimum absolute atomic E-state index is 0.0465. The average Bonchev–Trinajstić information content (AvgIpc) is 2.68. The summed E-state index contributed by atoms with van der Waals surface area (Å²) in [6.07, 6.45) is 1.64. The van der Waals surface area contributed by atoms with Crippen molar-refractivity contribution < 1.29 is 4.79 Å². The number of benzene rings is 1. The lowest BCUT2D eigenvalue weighted by Gasteiger charge is -2.05. The van der Waals surface area contributed by atoms with Gasteiger partial charge < -0.3 is 0 Å². The van der Waals surface area contributed by atoms with Gasteiger partial charge in [0, 0.05) is 12.6 Å². The SMILES string of the molecule is Cc1cccc(C(=O)Cc2ncnn2C)c1Cl. The molecule has 17 heavy (non-hydrogen) atoms. The highest BCUT2D eigenvalue weighted by molar-refractivity contribution is 6.34. The van der Waals surface area contributed by atoms with Crippen LogP contribution in [0.3, 0.4) is 0 Å². The summed E-state index contributed by atoms with van der Waals surface area (Å²) >= 11 is 6.10. The quantitative estimate of drug-likeness (QED) is 0.784. The number of Topliss-reactive ketones (excluding diaryl/α,β-unsaturated/α-hetero) is 1. The van der Waals surface area contributed by atoms with Crippen molar-refractivity contribution in [1.82, 2.24) is 14.8 Å². The highest BCUT2D eigenvalue weighted by atomic mass is 35.5. The Balaban J connectivity index is 2.27. The van der Waals surface area contributed by atoms with Gasteiger partial charge in [-0.1, -0.05) is 23.7 Å². The van der Waals surface area contributed by atoms with Gasteiger partial charge in [-0.05, 0) is 18.6 Å². The predicted octanol–water partition coefficient (Wildman–Crippen LogP) is 2.20. The summed E-state index contributed by atoms with van der Waals surface area (Å²) in [6, 6.07) is 5.43. The number of rotatable bonds is 3. The number of hydrogen-bond acceptors (Lipinski definition) is 3. The van der Waals surface area contributed by atoms with Crippen LogP contribution in [0.4, 0.5) is 0 Å². The summed E-state index contributed by atoms with van der Waals surface area (Å²) in [5.41, 5.74) is 1.44. The molecule has 0 saturated carbocycles. The Bertz CT molecular complexity index is 563. The van der Waals surface area contributed by atoms with E-state index in [0.29, 0.717) is 16.4 Å². The zero-order chi connectivity index (χ0) is 12.4. The molecule has 0 amide bonds. The number of carbonyl (C=O) groups is 1. The second kappa shape index (κ2) is 4.67. The van der Waals surface area contributed by atoms with Crippen LogP contribution in [0.25, 0.3) is 0 Å². The Morgan fingerprint density at radius 3 is 2.88 bits per heavy atom. The molecule has 0 bridgehead atoms. The Kier molecular flexibility index (Phi) is 3.24. The zero-order valence-electron chi connectivity index (χ0n) is 9.64. The van der Waals surface area contributed by atoms with E-state index in [4.69, 9.17) is 11.6 Å². The Hall–Kier alpha value is -1.68. The van der Waals surface area contributed by atoms with E-state index in [0.717, 1.165) is 5.56 Å². The molecule has 2 rings (SSSR count). The van der Waals surface area contributed by atoms with E-state index in [1.807, 2.05) is 19.1 Å². The standard InChI is InChI=1S/C12H12ClN3O/c1-8-4-3-5-9(12(8)13)10(17)6-11-14-7-15-16(11)2/h3-5,7H,6H2,1-2H3. The predicted molar refractivity (Wildman–Crippen MR) is 65.2 cm³/mol. The van der Waals surface area contributed by atoms with Gasteiger partial charge >= 0.3 is 0 Å². The van der Waals surface area contributed by atoms with Crippen LogP contribution in [0.1, 0.15) is 21.7 Å². The molecular weight excluding hydrogens is 238 g/mol. The average molecular weight is 250 g/mol. The topological polar surface area (TPSA) is 47.8 Å². The van der Waals surface area contributed by atoms with Gasteiger partial charge in [0.1, 0.15) is 12.2 Å². The Labute approximate surface area is 104 Å². The molecule has 5 heteroatoms. The number of ketones is 1. The van der Waals surface area contributed by atoms with Gasteiger partial charge in [-0.25, -0.2) is 4.98 Å². The highest BCUT2D eigenvalue weighted by Crippen LogP contribution is 2.21. The van der Waals surface area contributed by atoms with Crippen LogP contribution < -0.4 is 0 Å². The van der Waals surface area contributed by atoms with Gasteiger partial charge in [-0.2, -0.15) is 5.10 Å². The molecule has 0 unspecified atom stereocenters. The molecule has 0 radical (unpaired) electrons. The second-order valence-corrected chi connectivity index (χ2v) is 4.21. The third-order valence-electron chi connectivity index (χ3n) is 2.62. The molecule has 0 N–H and O–H groups in total. The third kappa shape index (κ3) is 2.36. The van der Waals surface area contributed by atoms with Crippen LogP contribution >= 0.6 is 11.6 Å². The maximum atomic E-state index is 12.1. The maximum absolute atomic E-state index is 12.1. The molecule has 0 saturated heterocycles. The first-order valence-electron chi connectivity index (χ1n) is 5.21. The van der Waals surface area contributed by atoms with E-state index >= 15 is 0 Å². The molecule has 0 spiro atoms. The van der Waals surface area contributed by atoms with E-state index in [2.05, 4.69) is 10.1 Å². The van der Waals surface area contributed by atoms with Gasteiger partial charge in [0.15, 0.2) is 5.78 Å². The number of carbonyl (C=O) groups excluding carboxylic acids is 1. The Morgan fingerprint density at radius 1 is 1.47 bits per heavy atom. The number of hydrogen-bond donors (Lipinski definition) is 0. The van der Waals surface area contributed by atoms with Crippen LogP contribution in [-0.2, 0) is 13.5 Å². The third-order valence-corrected chi connectivity index (χ3v) is 3.12. The summed E-state index contributed by atoms with van der Waals surface area (Å²) < 4.78 is 1.58. The molecule has 1 aromatic heterocycles. The fourth-order valence-electron chi connectivity index (χ4n) is 1.58. The lowest BCUT2D eigenvalue weighted by molar-refractivity contribution is 0.0989. The molecule has 0 fully saturated rings. The summed E-state index contributed by atoms with van der Waals surface area (Å²) in [5.74, 6) is 0.586. The molecule has 0 aliphatic heterocycles. The van der Waals surface area contributed by atoms with Crippen molar-refractivity contribution in [3.8, 4) is 0 Å². The second-order valence-electron chi connectivity index (χ2n) is 3.84. The molecular formula is C12H12ClN3O. The first-order chi connectivity index (χ1) is 8.09. The summed E-state index contributed by atoms with van der Waals surface area (Å²) in [6.45, 7) is 1.88. The van der Waals surface area contributed by atoms with Crippen molar-refractivity contribution >= 4 is 17.4 Å². The molecule has 0 aliphatic rings. The van der Waals surface area contributed by atoms with Crippen molar-refractivity contribution in [2.24, 2.45) is 7.05 Å². The summed E-state index contributed by atoms with van der Waals surface area (Å²) in [5, 5.41) is 4.44. The molecule has 0 aliphatic carbocycles. The van der Waals surface area contributed by atoms with Crippen molar-refractivity contribution in [1.29, 1.82) is 0 Å². The van der Waals surface area contributed by atoms with Gasteiger partial charge in [0.05, 0.1) is 11.4 Å². The van der Waals surface area contributed by atoms with Crippen molar-refractivity contribution in [2.75, 3.05) is 0 Å². The number of aromatic nitrogens is 3.